The lowest BCUT2D eigenvalue weighted by atomic mass is 9.66. The molecule has 118 valence electrons. The van der Waals surface area contributed by atoms with Crippen molar-refractivity contribution in [2.75, 3.05) is 40.0 Å². The van der Waals surface area contributed by atoms with Gasteiger partial charge in [0.25, 0.3) is 0 Å². The molecule has 5 nitrogen and oxygen atoms in total. The van der Waals surface area contributed by atoms with Gasteiger partial charge < -0.3 is 20.1 Å². The Morgan fingerprint density at radius 3 is 2.85 bits per heavy atom. The largest absolute Gasteiger partial charge is 0.385 e. The number of morpholine rings is 1. The fourth-order valence-corrected chi connectivity index (χ4v) is 2.84. The molecule has 1 amide bonds. The molecule has 6 heteroatoms. The zero-order chi connectivity index (χ0) is 13.6. The van der Waals surface area contributed by atoms with E-state index in [1.807, 2.05) is 0 Å². The second-order valence-corrected chi connectivity index (χ2v) is 5.80. The Labute approximate surface area is 127 Å². The van der Waals surface area contributed by atoms with Gasteiger partial charge in [-0.05, 0) is 24.7 Å². The van der Waals surface area contributed by atoms with E-state index in [-0.39, 0.29) is 24.4 Å². The molecule has 20 heavy (non-hydrogen) atoms. The maximum absolute atomic E-state index is 11.9. The molecule has 0 aromatic heterocycles. The van der Waals surface area contributed by atoms with Gasteiger partial charge in [-0.1, -0.05) is 6.42 Å². The standard InChI is InChI=1S/C14H26N2O3.ClH/c1-18-7-5-14(3-2-4-14)11-16-13(17)9-12-10-19-8-6-15-12;/h12,15H,2-11H2,1H3,(H,16,17);1H. The summed E-state index contributed by atoms with van der Waals surface area (Å²) in [5.41, 5.74) is 0.294. The summed E-state index contributed by atoms with van der Waals surface area (Å²) in [5, 5.41) is 6.40. The lowest BCUT2D eigenvalue weighted by molar-refractivity contribution is -0.123. The van der Waals surface area contributed by atoms with Crippen LogP contribution in [0.25, 0.3) is 0 Å². The Bertz CT molecular complexity index is 292. The molecule has 0 aromatic rings. The van der Waals surface area contributed by atoms with E-state index in [1.165, 1.54) is 19.3 Å². The maximum atomic E-state index is 11.9. The highest BCUT2D eigenvalue weighted by atomic mass is 35.5. The van der Waals surface area contributed by atoms with E-state index in [4.69, 9.17) is 9.47 Å². The highest BCUT2D eigenvalue weighted by Crippen LogP contribution is 2.43. The van der Waals surface area contributed by atoms with Crippen molar-refractivity contribution < 1.29 is 14.3 Å². The van der Waals surface area contributed by atoms with Gasteiger partial charge in [0.1, 0.15) is 0 Å². The smallest absolute Gasteiger partial charge is 0.221 e. The summed E-state index contributed by atoms with van der Waals surface area (Å²) in [7, 11) is 1.74. The molecule has 1 aliphatic heterocycles. The summed E-state index contributed by atoms with van der Waals surface area (Å²) in [4.78, 5) is 11.9. The average Bonchev–Trinajstić information content (AvgIpc) is 2.38. The van der Waals surface area contributed by atoms with Crippen LogP contribution in [0.3, 0.4) is 0 Å². The summed E-state index contributed by atoms with van der Waals surface area (Å²) in [6.07, 6.45) is 5.26. The van der Waals surface area contributed by atoms with Crippen molar-refractivity contribution in [3.8, 4) is 0 Å². The number of amides is 1. The Morgan fingerprint density at radius 2 is 2.30 bits per heavy atom. The van der Waals surface area contributed by atoms with Gasteiger partial charge in [-0.15, -0.1) is 12.4 Å². The zero-order valence-corrected chi connectivity index (χ0v) is 13.1. The first-order valence-corrected chi connectivity index (χ1v) is 7.31. The van der Waals surface area contributed by atoms with Crippen LogP contribution in [-0.4, -0.2) is 52.0 Å². The van der Waals surface area contributed by atoms with Crippen molar-refractivity contribution in [2.45, 2.75) is 38.1 Å². The summed E-state index contributed by atoms with van der Waals surface area (Å²) >= 11 is 0. The first-order chi connectivity index (χ1) is 9.24. The molecule has 1 saturated carbocycles. The van der Waals surface area contributed by atoms with Crippen LogP contribution in [0.4, 0.5) is 0 Å². The lowest BCUT2D eigenvalue weighted by Gasteiger charge is -2.42. The normalized spacial score (nSPS) is 24.4. The predicted octanol–water partition coefficient (Wildman–Crippen LogP) is 1.11. The van der Waals surface area contributed by atoms with Crippen LogP contribution in [0.15, 0.2) is 0 Å². The molecule has 1 atom stereocenters. The van der Waals surface area contributed by atoms with Gasteiger partial charge in [0.05, 0.1) is 13.2 Å². The minimum absolute atomic E-state index is 0. The Balaban J connectivity index is 0.00000200. The van der Waals surface area contributed by atoms with Gasteiger partial charge in [0.2, 0.25) is 5.91 Å². The number of carbonyl (C=O) groups is 1. The molecule has 2 N–H and O–H groups in total. The van der Waals surface area contributed by atoms with Crippen molar-refractivity contribution in [1.82, 2.24) is 10.6 Å². The monoisotopic (exact) mass is 306 g/mol. The molecule has 0 aromatic carbocycles. The Morgan fingerprint density at radius 1 is 1.50 bits per heavy atom. The fraction of sp³-hybridized carbons (Fsp3) is 0.929. The van der Waals surface area contributed by atoms with Gasteiger partial charge >= 0.3 is 0 Å². The molecule has 0 radical (unpaired) electrons. The molecule has 1 aliphatic carbocycles. The first-order valence-electron chi connectivity index (χ1n) is 7.31. The number of rotatable bonds is 7. The Kier molecular flexibility index (Phi) is 7.80. The third-order valence-electron chi connectivity index (χ3n) is 4.34. The van der Waals surface area contributed by atoms with Gasteiger partial charge in [0, 0.05) is 39.3 Å². The third kappa shape index (κ3) is 5.20. The summed E-state index contributed by atoms with van der Waals surface area (Å²) in [6, 6.07) is 0.171. The van der Waals surface area contributed by atoms with E-state index >= 15 is 0 Å². The van der Waals surface area contributed by atoms with Crippen molar-refractivity contribution >= 4 is 18.3 Å². The van der Waals surface area contributed by atoms with Crippen molar-refractivity contribution in [3.05, 3.63) is 0 Å². The topological polar surface area (TPSA) is 59.6 Å². The van der Waals surface area contributed by atoms with Gasteiger partial charge in [-0.3, -0.25) is 4.79 Å². The van der Waals surface area contributed by atoms with E-state index in [0.717, 1.165) is 32.7 Å². The number of nitrogens with one attached hydrogen (secondary N) is 2. The van der Waals surface area contributed by atoms with E-state index in [1.54, 1.807) is 7.11 Å². The number of hydrogen-bond acceptors (Lipinski definition) is 4. The van der Waals surface area contributed by atoms with E-state index < -0.39 is 0 Å². The Hall–Kier alpha value is -0.360. The van der Waals surface area contributed by atoms with Crippen LogP contribution in [0.1, 0.15) is 32.1 Å². The first kappa shape index (κ1) is 17.7. The lowest BCUT2D eigenvalue weighted by Crippen LogP contribution is -2.47. The molecule has 1 unspecified atom stereocenters. The van der Waals surface area contributed by atoms with Crippen LogP contribution in [0, 0.1) is 5.41 Å². The minimum atomic E-state index is 0. The number of halogens is 1. The number of carbonyl (C=O) groups excluding carboxylic acids is 1. The molecule has 2 aliphatic rings. The number of ether oxygens (including phenoxy) is 2. The SMILES string of the molecule is COCCC1(CNC(=O)CC2COCCN2)CCC1.Cl. The number of hydrogen-bond donors (Lipinski definition) is 2. The van der Waals surface area contributed by atoms with Gasteiger partial charge in [-0.2, -0.15) is 0 Å². The van der Waals surface area contributed by atoms with Crippen LogP contribution < -0.4 is 10.6 Å². The fourth-order valence-electron chi connectivity index (χ4n) is 2.84. The molecule has 1 saturated heterocycles. The summed E-state index contributed by atoms with van der Waals surface area (Å²) in [6.45, 7) is 3.81. The molecule has 0 spiro atoms. The molecular formula is C14H27ClN2O3. The maximum Gasteiger partial charge on any atom is 0.221 e. The van der Waals surface area contributed by atoms with Crippen molar-refractivity contribution in [1.29, 1.82) is 0 Å². The quantitative estimate of drug-likeness (QED) is 0.740. The molecule has 0 bridgehead atoms. The van der Waals surface area contributed by atoms with Crippen LogP contribution in [0.2, 0.25) is 0 Å². The van der Waals surface area contributed by atoms with Crippen LogP contribution in [0.5, 0.6) is 0 Å². The molecule has 2 fully saturated rings. The van der Waals surface area contributed by atoms with Crippen molar-refractivity contribution in [3.63, 3.8) is 0 Å². The predicted molar refractivity (Wildman–Crippen MR) is 80.3 cm³/mol. The minimum Gasteiger partial charge on any atom is -0.385 e. The molecular weight excluding hydrogens is 280 g/mol. The molecule has 2 rings (SSSR count). The van der Waals surface area contributed by atoms with Gasteiger partial charge in [0.15, 0.2) is 0 Å². The van der Waals surface area contributed by atoms with E-state index in [0.29, 0.717) is 18.4 Å². The zero-order valence-electron chi connectivity index (χ0n) is 12.3. The van der Waals surface area contributed by atoms with E-state index in [9.17, 15) is 4.79 Å². The third-order valence-corrected chi connectivity index (χ3v) is 4.34. The average molecular weight is 307 g/mol. The van der Waals surface area contributed by atoms with Crippen molar-refractivity contribution in [2.24, 2.45) is 5.41 Å². The second kappa shape index (κ2) is 8.82. The van der Waals surface area contributed by atoms with Crippen LogP contribution >= 0.6 is 12.4 Å². The van der Waals surface area contributed by atoms with Gasteiger partial charge in [-0.25, -0.2) is 0 Å². The highest BCUT2D eigenvalue weighted by molar-refractivity contribution is 5.85. The van der Waals surface area contributed by atoms with Crippen LogP contribution in [-0.2, 0) is 14.3 Å². The highest BCUT2D eigenvalue weighted by Gasteiger charge is 2.36. The summed E-state index contributed by atoms with van der Waals surface area (Å²) < 4.78 is 10.5. The summed E-state index contributed by atoms with van der Waals surface area (Å²) in [5.74, 6) is 0.131. The second-order valence-electron chi connectivity index (χ2n) is 5.80. The van der Waals surface area contributed by atoms with E-state index in [2.05, 4.69) is 10.6 Å². The number of methoxy groups -OCH3 is 1. The molecule has 1 heterocycles.